The molecule has 0 unspecified atom stereocenters. The van der Waals surface area contributed by atoms with Gasteiger partial charge in [-0.25, -0.2) is 0 Å². The molecule has 0 radical (unpaired) electrons. The Balaban J connectivity index is 2.41. The molecule has 15 heavy (non-hydrogen) atoms. The normalized spacial score (nSPS) is 18.4. The van der Waals surface area contributed by atoms with Gasteiger partial charge in [0.05, 0.1) is 5.71 Å². The third-order valence-electron chi connectivity index (χ3n) is 2.76. The van der Waals surface area contributed by atoms with Gasteiger partial charge in [-0.05, 0) is 31.2 Å². The van der Waals surface area contributed by atoms with Gasteiger partial charge >= 0.3 is 0 Å². The van der Waals surface area contributed by atoms with Gasteiger partial charge in [-0.1, -0.05) is 24.3 Å². The Morgan fingerprint density at radius 3 is 2.60 bits per heavy atom. The monoisotopic (exact) mass is 202 g/mol. The lowest BCUT2D eigenvalue weighted by Gasteiger charge is -2.11. The van der Waals surface area contributed by atoms with Gasteiger partial charge in [0.15, 0.2) is 0 Å². The van der Waals surface area contributed by atoms with Crippen molar-refractivity contribution in [3.05, 3.63) is 35.4 Å². The van der Waals surface area contributed by atoms with Crippen molar-refractivity contribution in [2.45, 2.75) is 25.7 Å². The Hall–Kier alpha value is -1.31. The van der Waals surface area contributed by atoms with E-state index < -0.39 is 0 Å². The van der Waals surface area contributed by atoms with Crippen LogP contribution in [0.4, 0.5) is 0 Å². The lowest BCUT2D eigenvalue weighted by atomic mass is 10.0. The van der Waals surface area contributed by atoms with Gasteiger partial charge in [-0.3, -0.25) is 0 Å². The summed E-state index contributed by atoms with van der Waals surface area (Å²) in [6.07, 6.45) is 4.84. The molecule has 2 rings (SSSR count). The molecular formula is C13H18N2. The summed E-state index contributed by atoms with van der Waals surface area (Å²) >= 11 is 0. The predicted molar refractivity (Wildman–Crippen MR) is 64.2 cm³/mol. The van der Waals surface area contributed by atoms with Crippen LogP contribution in [0.15, 0.2) is 29.4 Å². The van der Waals surface area contributed by atoms with E-state index in [9.17, 15) is 0 Å². The minimum absolute atomic E-state index is 1.11. The number of fused-ring (bicyclic) bond motifs is 1. The zero-order valence-electron chi connectivity index (χ0n) is 9.53. The molecule has 0 saturated heterocycles. The summed E-state index contributed by atoms with van der Waals surface area (Å²) in [7, 11) is 3.97. The van der Waals surface area contributed by atoms with E-state index in [0.29, 0.717) is 0 Å². The number of rotatable bonds is 1. The van der Waals surface area contributed by atoms with Crippen molar-refractivity contribution in [3.63, 3.8) is 0 Å². The highest BCUT2D eigenvalue weighted by Crippen LogP contribution is 2.21. The molecule has 0 fully saturated rings. The highest BCUT2D eigenvalue weighted by Gasteiger charge is 2.13. The summed E-state index contributed by atoms with van der Waals surface area (Å²) in [5.41, 5.74) is 4.05. The van der Waals surface area contributed by atoms with Crippen molar-refractivity contribution >= 4 is 5.71 Å². The van der Waals surface area contributed by atoms with E-state index in [4.69, 9.17) is 0 Å². The maximum atomic E-state index is 4.59. The van der Waals surface area contributed by atoms with Crippen molar-refractivity contribution in [1.29, 1.82) is 0 Å². The zero-order valence-corrected chi connectivity index (χ0v) is 9.53. The van der Waals surface area contributed by atoms with Gasteiger partial charge in [0.25, 0.3) is 0 Å². The second-order valence-corrected chi connectivity index (χ2v) is 4.26. The van der Waals surface area contributed by atoms with Crippen LogP contribution in [-0.2, 0) is 6.42 Å². The molecule has 0 saturated carbocycles. The lowest BCUT2D eigenvalue weighted by molar-refractivity contribution is 0.436. The highest BCUT2D eigenvalue weighted by molar-refractivity contribution is 6.01. The van der Waals surface area contributed by atoms with Crippen LogP contribution >= 0.6 is 0 Å². The SMILES string of the molecule is CN(C)/N=C1\CCCCc2ccccc21. The summed E-state index contributed by atoms with van der Waals surface area (Å²) < 4.78 is 0. The van der Waals surface area contributed by atoms with Gasteiger partial charge in [-0.15, -0.1) is 0 Å². The first-order valence-corrected chi connectivity index (χ1v) is 5.60. The Morgan fingerprint density at radius 1 is 1.07 bits per heavy atom. The average Bonchev–Trinajstić information content (AvgIpc) is 2.41. The number of nitrogens with zero attached hydrogens (tertiary/aromatic N) is 2. The van der Waals surface area contributed by atoms with Crippen molar-refractivity contribution in [2.75, 3.05) is 14.1 Å². The fraction of sp³-hybridized carbons (Fsp3) is 0.462. The predicted octanol–water partition coefficient (Wildman–Crippen LogP) is 2.68. The second-order valence-electron chi connectivity index (χ2n) is 4.26. The fourth-order valence-electron chi connectivity index (χ4n) is 2.11. The topological polar surface area (TPSA) is 15.6 Å². The summed E-state index contributed by atoms with van der Waals surface area (Å²) in [5, 5.41) is 6.49. The van der Waals surface area contributed by atoms with Crippen LogP contribution in [0.2, 0.25) is 0 Å². The van der Waals surface area contributed by atoms with Crippen LogP contribution in [-0.4, -0.2) is 24.8 Å². The molecule has 1 aliphatic rings. The van der Waals surface area contributed by atoms with Gasteiger partial charge in [0.1, 0.15) is 0 Å². The zero-order chi connectivity index (χ0) is 10.7. The summed E-state index contributed by atoms with van der Waals surface area (Å²) in [6.45, 7) is 0. The summed E-state index contributed by atoms with van der Waals surface area (Å²) in [4.78, 5) is 0. The Bertz CT molecular complexity index is 367. The van der Waals surface area contributed by atoms with Gasteiger partial charge in [0.2, 0.25) is 0 Å². The van der Waals surface area contributed by atoms with E-state index >= 15 is 0 Å². The molecule has 1 aromatic carbocycles. The maximum Gasteiger partial charge on any atom is 0.0680 e. The van der Waals surface area contributed by atoms with E-state index in [0.717, 1.165) is 6.42 Å². The summed E-state index contributed by atoms with van der Waals surface area (Å²) in [5.74, 6) is 0. The van der Waals surface area contributed by atoms with Crippen molar-refractivity contribution in [2.24, 2.45) is 5.10 Å². The van der Waals surface area contributed by atoms with Crippen LogP contribution < -0.4 is 0 Å². The first-order chi connectivity index (χ1) is 7.27. The standard InChI is InChI=1S/C13H18N2/c1-15(2)14-13-10-6-4-8-11-7-3-5-9-12(11)13/h3,5,7,9H,4,6,8,10H2,1-2H3/b14-13+. The highest BCUT2D eigenvalue weighted by atomic mass is 15.4. The Kier molecular flexibility index (Phi) is 3.05. The average molecular weight is 202 g/mol. The van der Waals surface area contributed by atoms with Gasteiger partial charge in [0, 0.05) is 19.7 Å². The molecule has 0 aromatic heterocycles. The lowest BCUT2D eigenvalue weighted by Crippen LogP contribution is -2.10. The summed E-state index contributed by atoms with van der Waals surface area (Å²) in [6, 6.07) is 8.65. The molecule has 0 spiro atoms. The second kappa shape index (κ2) is 4.47. The molecule has 0 aliphatic heterocycles. The first kappa shape index (κ1) is 10.2. The molecule has 1 aromatic rings. The third kappa shape index (κ3) is 2.38. The Morgan fingerprint density at radius 2 is 1.80 bits per heavy atom. The van der Waals surface area contributed by atoms with E-state index in [1.54, 1.807) is 0 Å². The quantitative estimate of drug-likeness (QED) is 0.505. The molecule has 0 heterocycles. The van der Waals surface area contributed by atoms with Crippen LogP contribution in [0.3, 0.4) is 0 Å². The van der Waals surface area contributed by atoms with E-state index in [-0.39, 0.29) is 0 Å². The number of hydrogen-bond donors (Lipinski definition) is 0. The van der Waals surface area contributed by atoms with Crippen LogP contribution in [0.25, 0.3) is 0 Å². The van der Waals surface area contributed by atoms with Crippen molar-refractivity contribution in [3.8, 4) is 0 Å². The third-order valence-corrected chi connectivity index (χ3v) is 2.76. The largest absolute Gasteiger partial charge is 0.303 e. The molecule has 2 heteroatoms. The molecule has 2 nitrogen and oxygen atoms in total. The fourth-order valence-corrected chi connectivity index (χ4v) is 2.11. The molecule has 80 valence electrons. The molecule has 0 N–H and O–H groups in total. The molecule has 1 aliphatic carbocycles. The number of benzene rings is 1. The minimum atomic E-state index is 1.11. The van der Waals surface area contributed by atoms with E-state index in [1.165, 1.54) is 36.1 Å². The van der Waals surface area contributed by atoms with E-state index in [1.807, 2.05) is 19.1 Å². The van der Waals surface area contributed by atoms with Crippen LogP contribution in [0.5, 0.6) is 0 Å². The maximum absolute atomic E-state index is 4.59. The van der Waals surface area contributed by atoms with Crippen molar-refractivity contribution < 1.29 is 0 Å². The van der Waals surface area contributed by atoms with Gasteiger partial charge in [-0.2, -0.15) is 5.10 Å². The number of hydrazone groups is 1. The van der Waals surface area contributed by atoms with Crippen LogP contribution in [0, 0.1) is 0 Å². The molecule has 0 bridgehead atoms. The van der Waals surface area contributed by atoms with E-state index in [2.05, 4.69) is 29.4 Å². The molecule has 0 amide bonds. The molecule has 0 atom stereocenters. The Labute approximate surface area is 91.6 Å². The first-order valence-electron chi connectivity index (χ1n) is 5.60. The van der Waals surface area contributed by atoms with Crippen LogP contribution in [0.1, 0.15) is 30.4 Å². The van der Waals surface area contributed by atoms with Crippen molar-refractivity contribution in [1.82, 2.24) is 5.01 Å². The smallest absolute Gasteiger partial charge is 0.0680 e. The number of hydrogen-bond acceptors (Lipinski definition) is 2. The molecular weight excluding hydrogens is 184 g/mol. The number of aryl methyl sites for hydroxylation is 1. The van der Waals surface area contributed by atoms with Gasteiger partial charge < -0.3 is 5.01 Å². The minimum Gasteiger partial charge on any atom is -0.303 e.